The fourth-order valence-corrected chi connectivity index (χ4v) is 2.08. The molecule has 1 fully saturated rings. The van der Waals surface area contributed by atoms with Crippen LogP contribution in [0.5, 0.6) is 0 Å². The van der Waals surface area contributed by atoms with E-state index in [1.807, 2.05) is 0 Å². The molecule has 9 heteroatoms. The number of nitrogens with zero attached hydrogens (tertiary/aromatic N) is 3. The summed E-state index contributed by atoms with van der Waals surface area (Å²) < 4.78 is 0. The van der Waals surface area contributed by atoms with E-state index in [-0.39, 0.29) is 29.3 Å². The topological polar surface area (TPSA) is 113 Å². The van der Waals surface area contributed by atoms with Gasteiger partial charge in [0, 0.05) is 13.0 Å². The number of anilines is 1. The highest BCUT2D eigenvalue weighted by Gasteiger charge is 2.28. The van der Waals surface area contributed by atoms with Crippen LogP contribution in [0.1, 0.15) is 6.42 Å². The van der Waals surface area contributed by atoms with Crippen LogP contribution in [0.2, 0.25) is 5.15 Å². The predicted octanol–water partition coefficient (Wildman–Crippen LogP) is 0.0809. The first kappa shape index (κ1) is 11.8. The Labute approximate surface area is 112 Å². The van der Waals surface area contributed by atoms with Crippen LogP contribution in [0.25, 0.3) is 11.2 Å². The Morgan fingerprint density at radius 1 is 1.47 bits per heavy atom. The van der Waals surface area contributed by atoms with Gasteiger partial charge in [-0.25, -0.2) is 4.98 Å². The Kier molecular flexibility index (Phi) is 2.79. The monoisotopic (exact) mass is 280 g/mol. The predicted molar refractivity (Wildman–Crippen MR) is 66.4 cm³/mol. The van der Waals surface area contributed by atoms with E-state index in [2.05, 4.69) is 30.6 Å². The van der Waals surface area contributed by atoms with Gasteiger partial charge in [-0.15, -0.1) is 0 Å². The summed E-state index contributed by atoms with van der Waals surface area (Å²) >= 11 is 5.93. The average Bonchev–Trinajstić information content (AvgIpc) is 2.97. The number of halogens is 1. The van der Waals surface area contributed by atoms with Crippen LogP contribution < -0.4 is 10.6 Å². The van der Waals surface area contributed by atoms with Crippen LogP contribution in [-0.4, -0.2) is 38.3 Å². The molecule has 0 aromatic carbocycles. The van der Waals surface area contributed by atoms with E-state index >= 15 is 0 Å². The number of amides is 2. The van der Waals surface area contributed by atoms with Gasteiger partial charge in [0.1, 0.15) is 5.52 Å². The standard InChI is InChI=1S/C10H9ClN6O2/c11-7-6-8(14-3-13-6)16-10(15-7)17-9(19)4-1-5(18)12-2-4/h3-4H,1-2H2,(H,12,18)(H2,13,14,15,16,17,19). The minimum Gasteiger partial charge on any atom is -0.355 e. The van der Waals surface area contributed by atoms with Crippen LogP contribution >= 0.6 is 11.6 Å². The van der Waals surface area contributed by atoms with Gasteiger partial charge in [0.2, 0.25) is 17.8 Å². The second kappa shape index (κ2) is 4.47. The highest BCUT2D eigenvalue weighted by Crippen LogP contribution is 2.19. The molecule has 8 nitrogen and oxygen atoms in total. The zero-order valence-electron chi connectivity index (χ0n) is 9.61. The van der Waals surface area contributed by atoms with Crippen LogP contribution in [0.4, 0.5) is 5.95 Å². The van der Waals surface area contributed by atoms with E-state index < -0.39 is 5.92 Å². The number of fused-ring (bicyclic) bond motifs is 1. The van der Waals surface area contributed by atoms with Gasteiger partial charge in [-0.2, -0.15) is 9.97 Å². The maximum atomic E-state index is 11.9. The first-order chi connectivity index (χ1) is 9.13. The molecule has 0 spiro atoms. The van der Waals surface area contributed by atoms with Gasteiger partial charge in [0.15, 0.2) is 10.8 Å². The third-order valence-electron chi connectivity index (χ3n) is 2.82. The van der Waals surface area contributed by atoms with Crippen molar-refractivity contribution < 1.29 is 9.59 Å². The quantitative estimate of drug-likeness (QED) is 0.674. The summed E-state index contributed by atoms with van der Waals surface area (Å²) in [5, 5.41) is 5.30. The number of carbonyl (C=O) groups excluding carboxylic acids is 2. The normalized spacial score (nSPS) is 18.6. The van der Waals surface area contributed by atoms with Gasteiger partial charge in [-0.3, -0.25) is 14.9 Å². The Bertz CT molecular complexity index is 669. The van der Waals surface area contributed by atoms with Crippen molar-refractivity contribution in [2.24, 2.45) is 5.92 Å². The maximum absolute atomic E-state index is 11.9. The van der Waals surface area contributed by atoms with Gasteiger partial charge in [0.05, 0.1) is 12.2 Å². The molecular weight excluding hydrogens is 272 g/mol. The molecule has 1 atom stereocenters. The van der Waals surface area contributed by atoms with E-state index in [1.54, 1.807) is 0 Å². The number of nitrogens with one attached hydrogen (secondary N) is 3. The molecule has 3 rings (SSSR count). The van der Waals surface area contributed by atoms with Gasteiger partial charge in [-0.1, -0.05) is 11.6 Å². The lowest BCUT2D eigenvalue weighted by Gasteiger charge is -2.07. The Hall–Kier alpha value is -2.22. The highest BCUT2D eigenvalue weighted by atomic mass is 35.5. The van der Waals surface area contributed by atoms with Crippen molar-refractivity contribution >= 4 is 40.5 Å². The van der Waals surface area contributed by atoms with Crippen molar-refractivity contribution in [2.45, 2.75) is 6.42 Å². The molecule has 2 aromatic heterocycles. The number of H-pyrrole nitrogens is 1. The van der Waals surface area contributed by atoms with E-state index in [0.29, 0.717) is 17.7 Å². The van der Waals surface area contributed by atoms with Crippen molar-refractivity contribution in [1.29, 1.82) is 0 Å². The summed E-state index contributed by atoms with van der Waals surface area (Å²) in [4.78, 5) is 37.7. The molecule has 1 unspecified atom stereocenters. The fraction of sp³-hybridized carbons (Fsp3) is 0.300. The molecule has 0 radical (unpaired) electrons. The Morgan fingerprint density at radius 2 is 2.32 bits per heavy atom. The summed E-state index contributed by atoms with van der Waals surface area (Å²) in [7, 11) is 0. The van der Waals surface area contributed by atoms with Crippen LogP contribution in [-0.2, 0) is 9.59 Å². The van der Waals surface area contributed by atoms with E-state index in [1.165, 1.54) is 6.33 Å². The molecular formula is C10H9ClN6O2. The molecule has 0 bridgehead atoms. The largest absolute Gasteiger partial charge is 0.355 e. The summed E-state index contributed by atoms with van der Waals surface area (Å²) in [6.07, 6.45) is 1.61. The zero-order chi connectivity index (χ0) is 13.4. The van der Waals surface area contributed by atoms with Crippen molar-refractivity contribution in [1.82, 2.24) is 25.3 Å². The lowest BCUT2D eigenvalue weighted by atomic mass is 10.1. The molecule has 1 aliphatic heterocycles. The lowest BCUT2D eigenvalue weighted by molar-refractivity contribution is -0.123. The van der Waals surface area contributed by atoms with Crippen LogP contribution in [0.3, 0.4) is 0 Å². The summed E-state index contributed by atoms with van der Waals surface area (Å²) in [6, 6.07) is 0. The highest BCUT2D eigenvalue weighted by molar-refractivity contribution is 6.33. The van der Waals surface area contributed by atoms with Crippen LogP contribution in [0, 0.1) is 5.92 Å². The van der Waals surface area contributed by atoms with Crippen molar-refractivity contribution in [3.8, 4) is 0 Å². The number of rotatable bonds is 2. The third kappa shape index (κ3) is 2.22. The zero-order valence-corrected chi connectivity index (χ0v) is 10.4. The first-order valence-electron chi connectivity index (χ1n) is 5.57. The van der Waals surface area contributed by atoms with Crippen molar-refractivity contribution in [3.63, 3.8) is 0 Å². The van der Waals surface area contributed by atoms with Gasteiger partial charge >= 0.3 is 0 Å². The maximum Gasteiger partial charge on any atom is 0.233 e. The summed E-state index contributed by atoms with van der Waals surface area (Å²) in [6.45, 7) is 0.322. The van der Waals surface area contributed by atoms with Gasteiger partial charge in [0.25, 0.3) is 0 Å². The number of aromatic amines is 1. The molecule has 1 saturated heterocycles. The van der Waals surface area contributed by atoms with Crippen molar-refractivity contribution in [2.75, 3.05) is 11.9 Å². The van der Waals surface area contributed by atoms with Gasteiger partial charge < -0.3 is 10.3 Å². The summed E-state index contributed by atoms with van der Waals surface area (Å²) in [5.41, 5.74) is 0.883. The second-order valence-corrected chi connectivity index (χ2v) is 4.49. The molecule has 2 aromatic rings. The number of carbonyl (C=O) groups is 2. The van der Waals surface area contributed by atoms with Gasteiger partial charge in [-0.05, 0) is 0 Å². The molecule has 98 valence electrons. The molecule has 1 aliphatic rings. The second-order valence-electron chi connectivity index (χ2n) is 4.13. The summed E-state index contributed by atoms with van der Waals surface area (Å²) in [5.74, 6) is -0.787. The minimum atomic E-state index is -0.412. The lowest BCUT2D eigenvalue weighted by Crippen LogP contribution is -2.25. The minimum absolute atomic E-state index is 0.0777. The molecule has 2 amide bonds. The smallest absolute Gasteiger partial charge is 0.233 e. The molecule has 3 heterocycles. The first-order valence-corrected chi connectivity index (χ1v) is 5.95. The Balaban J connectivity index is 1.81. The number of hydrogen-bond donors (Lipinski definition) is 3. The number of hydrogen-bond acceptors (Lipinski definition) is 5. The third-order valence-corrected chi connectivity index (χ3v) is 3.10. The SMILES string of the molecule is O=C1CC(C(=O)Nc2nc(Cl)c3[nH]cnc3n2)CN1. The van der Waals surface area contributed by atoms with Crippen LogP contribution in [0.15, 0.2) is 6.33 Å². The number of imidazole rings is 1. The average molecular weight is 281 g/mol. The van der Waals surface area contributed by atoms with E-state index in [0.717, 1.165) is 0 Å². The van der Waals surface area contributed by atoms with Crippen molar-refractivity contribution in [3.05, 3.63) is 11.5 Å². The number of aromatic nitrogens is 4. The molecule has 19 heavy (non-hydrogen) atoms. The Morgan fingerprint density at radius 3 is 3.05 bits per heavy atom. The van der Waals surface area contributed by atoms with E-state index in [4.69, 9.17) is 11.6 Å². The molecule has 0 aliphatic carbocycles. The fourth-order valence-electron chi connectivity index (χ4n) is 1.86. The molecule has 0 saturated carbocycles. The molecule has 3 N–H and O–H groups in total. The van der Waals surface area contributed by atoms with E-state index in [9.17, 15) is 9.59 Å².